The fraction of sp³-hybridized carbons (Fsp3) is 0.474. The molecule has 0 aliphatic carbocycles. The van der Waals surface area contributed by atoms with E-state index in [9.17, 15) is 9.90 Å². The van der Waals surface area contributed by atoms with Crippen LogP contribution in [0.4, 0.5) is 0 Å². The van der Waals surface area contributed by atoms with Crippen LogP contribution in [-0.4, -0.2) is 39.3 Å². The van der Waals surface area contributed by atoms with Gasteiger partial charge in [-0.3, -0.25) is 4.79 Å². The summed E-state index contributed by atoms with van der Waals surface area (Å²) in [5, 5.41) is 10.1. The van der Waals surface area contributed by atoms with Gasteiger partial charge in [0.15, 0.2) is 16.7 Å². The molecule has 3 rings (SSSR count). The van der Waals surface area contributed by atoms with Gasteiger partial charge in [-0.15, -0.1) is 0 Å². The first-order valence-electron chi connectivity index (χ1n) is 9.03. The number of benzene rings is 1. The lowest BCUT2D eigenvalue weighted by molar-refractivity contribution is -0.142. The third kappa shape index (κ3) is 4.56. The van der Waals surface area contributed by atoms with E-state index < -0.39 is 0 Å². The highest BCUT2D eigenvalue weighted by atomic mass is 32.2. The summed E-state index contributed by atoms with van der Waals surface area (Å²) in [5.74, 6) is 1.21. The van der Waals surface area contributed by atoms with Gasteiger partial charge in [-0.25, -0.2) is 4.98 Å². The number of ether oxygens (including phenoxy) is 3. The molecule has 146 valence electrons. The Balaban J connectivity index is 1.82. The van der Waals surface area contributed by atoms with Gasteiger partial charge in [-0.05, 0) is 31.0 Å². The first kappa shape index (κ1) is 19.6. The SMILES string of the molecule is CCCC(Sc1ncc(CO)n1Cc1ccc2c(c1)OCO2)C(=O)OCC. The summed E-state index contributed by atoms with van der Waals surface area (Å²) in [6.07, 6.45) is 3.21. The van der Waals surface area contributed by atoms with Crippen molar-refractivity contribution >= 4 is 17.7 Å². The Labute approximate surface area is 162 Å². The quantitative estimate of drug-likeness (QED) is 0.519. The normalized spacial score (nSPS) is 13.6. The Bertz CT molecular complexity index is 792. The fourth-order valence-corrected chi connectivity index (χ4v) is 4.05. The maximum atomic E-state index is 12.3. The molecule has 1 aromatic carbocycles. The van der Waals surface area contributed by atoms with Crippen LogP contribution in [0.1, 0.15) is 37.9 Å². The van der Waals surface area contributed by atoms with E-state index in [1.54, 1.807) is 13.1 Å². The van der Waals surface area contributed by atoms with Gasteiger partial charge in [0.1, 0.15) is 5.25 Å². The van der Waals surface area contributed by atoms with Crippen molar-refractivity contribution < 1.29 is 24.1 Å². The van der Waals surface area contributed by atoms with Crippen LogP contribution < -0.4 is 9.47 Å². The highest BCUT2D eigenvalue weighted by molar-refractivity contribution is 8.00. The Morgan fingerprint density at radius 2 is 2.19 bits per heavy atom. The van der Waals surface area contributed by atoms with Crippen LogP contribution in [-0.2, 0) is 22.7 Å². The number of aliphatic hydroxyl groups is 1. The lowest BCUT2D eigenvalue weighted by Gasteiger charge is -2.16. The first-order valence-corrected chi connectivity index (χ1v) is 9.91. The van der Waals surface area contributed by atoms with Crippen molar-refractivity contribution in [2.45, 2.75) is 50.2 Å². The number of nitrogens with zero attached hydrogens (tertiary/aromatic N) is 2. The smallest absolute Gasteiger partial charge is 0.319 e. The molecular weight excluding hydrogens is 368 g/mol. The van der Waals surface area contributed by atoms with Gasteiger partial charge in [-0.2, -0.15) is 0 Å². The molecule has 0 saturated carbocycles. The number of thioether (sulfide) groups is 1. The number of aromatic nitrogens is 2. The van der Waals surface area contributed by atoms with Gasteiger partial charge in [0.05, 0.1) is 31.6 Å². The molecule has 1 aliphatic rings. The molecule has 0 fully saturated rings. The zero-order valence-corrected chi connectivity index (χ0v) is 16.3. The van der Waals surface area contributed by atoms with Gasteiger partial charge in [0, 0.05) is 0 Å². The summed E-state index contributed by atoms with van der Waals surface area (Å²) >= 11 is 1.38. The van der Waals surface area contributed by atoms with Gasteiger partial charge >= 0.3 is 5.97 Å². The maximum Gasteiger partial charge on any atom is 0.319 e. The molecule has 0 radical (unpaired) electrons. The van der Waals surface area contributed by atoms with Crippen molar-refractivity contribution in [3.63, 3.8) is 0 Å². The monoisotopic (exact) mass is 392 g/mol. The van der Waals surface area contributed by atoms with Crippen molar-refractivity contribution in [2.75, 3.05) is 13.4 Å². The highest BCUT2D eigenvalue weighted by Crippen LogP contribution is 2.34. The summed E-state index contributed by atoms with van der Waals surface area (Å²) in [6.45, 7) is 4.80. The predicted molar refractivity (Wildman–Crippen MR) is 101 cm³/mol. The number of hydrogen-bond acceptors (Lipinski definition) is 7. The van der Waals surface area contributed by atoms with Crippen LogP contribution >= 0.6 is 11.8 Å². The van der Waals surface area contributed by atoms with E-state index in [1.165, 1.54) is 11.8 Å². The van der Waals surface area contributed by atoms with Gasteiger partial charge < -0.3 is 23.9 Å². The second-order valence-corrected chi connectivity index (χ2v) is 7.28. The third-order valence-corrected chi connectivity index (χ3v) is 5.44. The number of carbonyl (C=O) groups excluding carboxylic acids is 1. The van der Waals surface area contributed by atoms with Crippen molar-refractivity contribution in [3.05, 3.63) is 35.7 Å². The third-order valence-electron chi connectivity index (χ3n) is 4.19. The minimum absolute atomic E-state index is 0.129. The summed E-state index contributed by atoms with van der Waals surface area (Å²) < 4.78 is 17.9. The molecule has 7 nitrogen and oxygen atoms in total. The number of esters is 1. The van der Waals surface area contributed by atoms with Gasteiger partial charge in [-0.1, -0.05) is 31.2 Å². The number of aliphatic hydroxyl groups excluding tert-OH is 1. The van der Waals surface area contributed by atoms with Gasteiger partial charge in [0.25, 0.3) is 0 Å². The van der Waals surface area contributed by atoms with Crippen molar-refractivity contribution in [1.82, 2.24) is 9.55 Å². The number of fused-ring (bicyclic) bond motifs is 1. The van der Waals surface area contributed by atoms with E-state index in [2.05, 4.69) is 4.98 Å². The van der Waals surface area contributed by atoms with Crippen LogP contribution in [0.15, 0.2) is 29.6 Å². The highest BCUT2D eigenvalue weighted by Gasteiger charge is 2.24. The summed E-state index contributed by atoms with van der Waals surface area (Å²) in [5.41, 5.74) is 1.69. The van der Waals surface area contributed by atoms with E-state index in [1.807, 2.05) is 29.7 Å². The molecule has 2 heterocycles. The molecule has 0 amide bonds. The molecule has 1 N–H and O–H groups in total. The van der Waals surface area contributed by atoms with Crippen molar-refractivity contribution in [1.29, 1.82) is 0 Å². The molecule has 0 bridgehead atoms. The summed E-state index contributed by atoms with van der Waals surface area (Å²) in [6, 6.07) is 5.75. The zero-order valence-electron chi connectivity index (χ0n) is 15.5. The number of carbonyl (C=O) groups is 1. The molecule has 0 spiro atoms. The van der Waals surface area contributed by atoms with Crippen LogP contribution in [0, 0.1) is 0 Å². The molecule has 0 saturated heterocycles. The molecule has 1 aliphatic heterocycles. The van der Waals surface area contributed by atoms with Crippen LogP contribution in [0.3, 0.4) is 0 Å². The average Bonchev–Trinajstić information content (AvgIpc) is 3.28. The topological polar surface area (TPSA) is 82.8 Å². The molecule has 1 aromatic heterocycles. The average molecular weight is 392 g/mol. The summed E-state index contributed by atoms with van der Waals surface area (Å²) in [4.78, 5) is 16.7. The fourth-order valence-electron chi connectivity index (χ4n) is 2.85. The minimum Gasteiger partial charge on any atom is -0.465 e. The van der Waals surface area contributed by atoms with Crippen LogP contribution in [0.25, 0.3) is 0 Å². The van der Waals surface area contributed by atoms with E-state index in [-0.39, 0.29) is 24.6 Å². The predicted octanol–water partition coefficient (Wildman–Crippen LogP) is 2.98. The first-order chi connectivity index (χ1) is 13.2. The standard InChI is InChI=1S/C19H24N2O5S/c1-3-5-17(18(23)24-4-2)27-19-20-9-14(11-22)21(19)10-13-6-7-15-16(8-13)26-12-25-15/h6-9,17,22H,3-5,10-12H2,1-2H3. The summed E-state index contributed by atoms with van der Waals surface area (Å²) in [7, 11) is 0. The Morgan fingerprint density at radius 3 is 2.93 bits per heavy atom. The van der Waals surface area contributed by atoms with E-state index in [0.717, 1.165) is 17.7 Å². The largest absolute Gasteiger partial charge is 0.465 e. The Kier molecular flexibility index (Phi) is 6.63. The molecule has 8 heteroatoms. The zero-order chi connectivity index (χ0) is 19.2. The Hall–Kier alpha value is -2.19. The molecule has 27 heavy (non-hydrogen) atoms. The van der Waals surface area contributed by atoms with Crippen molar-refractivity contribution in [3.8, 4) is 11.5 Å². The lowest BCUT2D eigenvalue weighted by Crippen LogP contribution is -2.21. The number of imidazole rings is 1. The second kappa shape index (κ2) is 9.14. The van der Waals surface area contributed by atoms with Crippen molar-refractivity contribution in [2.24, 2.45) is 0 Å². The van der Waals surface area contributed by atoms with E-state index in [0.29, 0.717) is 36.2 Å². The number of rotatable bonds is 9. The molecular formula is C19H24N2O5S. The molecule has 2 aromatic rings. The van der Waals surface area contributed by atoms with E-state index >= 15 is 0 Å². The maximum absolute atomic E-state index is 12.3. The number of hydrogen-bond donors (Lipinski definition) is 1. The van der Waals surface area contributed by atoms with Gasteiger partial charge in [0.2, 0.25) is 6.79 Å². The van der Waals surface area contributed by atoms with Crippen LogP contribution in [0.2, 0.25) is 0 Å². The second-order valence-electron chi connectivity index (χ2n) is 6.11. The Morgan fingerprint density at radius 1 is 1.37 bits per heavy atom. The molecule has 1 unspecified atom stereocenters. The molecule has 1 atom stereocenters. The van der Waals surface area contributed by atoms with Crippen LogP contribution in [0.5, 0.6) is 11.5 Å². The minimum atomic E-state index is -0.320. The van der Waals surface area contributed by atoms with E-state index in [4.69, 9.17) is 14.2 Å². The lowest BCUT2D eigenvalue weighted by atomic mass is 10.2.